The van der Waals surface area contributed by atoms with E-state index < -0.39 is 9.84 Å². The molecule has 0 bridgehead atoms. The molecule has 2 atom stereocenters. The fourth-order valence-electron chi connectivity index (χ4n) is 1.83. The Morgan fingerprint density at radius 2 is 2.25 bits per heavy atom. The van der Waals surface area contributed by atoms with Crippen molar-refractivity contribution in [2.75, 3.05) is 26.0 Å². The standard InChI is InChI=1S/C10H19NO4S/c1-8(10(12)15-2)6-11-7-9-4-3-5-16(9,13)14/h8-9,11H,3-7H2,1-2H3. The quantitative estimate of drug-likeness (QED) is 0.692. The summed E-state index contributed by atoms with van der Waals surface area (Å²) in [5.74, 6) is -0.220. The van der Waals surface area contributed by atoms with Gasteiger partial charge in [0.15, 0.2) is 9.84 Å². The van der Waals surface area contributed by atoms with E-state index in [0.717, 1.165) is 12.8 Å². The molecular formula is C10H19NO4S. The summed E-state index contributed by atoms with van der Waals surface area (Å²) in [5.41, 5.74) is 0. The van der Waals surface area contributed by atoms with E-state index >= 15 is 0 Å². The van der Waals surface area contributed by atoms with Crippen molar-refractivity contribution in [1.29, 1.82) is 0 Å². The van der Waals surface area contributed by atoms with E-state index in [4.69, 9.17) is 0 Å². The summed E-state index contributed by atoms with van der Waals surface area (Å²) in [6.07, 6.45) is 1.48. The van der Waals surface area contributed by atoms with Crippen LogP contribution in [0.25, 0.3) is 0 Å². The van der Waals surface area contributed by atoms with E-state index in [1.807, 2.05) is 0 Å². The van der Waals surface area contributed by atoms with Gasteiger partial charge >= 0.3 is 5.97 Å². The summed E-state index contributed by atoms with van der Waals surface area (Å²) in [4.78, 5) is 11.1. The van der Waals surface area contributed by atoms with Gasteiger partial charge < -0.3 is 10.1 Å². The Kier molecular flexibility index (Phi) is 4.73. The summed E-state index contributed by atoms with van der Waals surface area (Å²) in [7, 11) is -1.54. The van der Waals surface area contributed by atoms with Gasteiger partial charge in [-0.2, -0.15) is 0 Å². The third kappa shape index (κ3) is 3.45. The van der Waals surface area contributed by atoms with E-state index in [1.165, 1.54) is 7.11 Å². The number of carbonyl (C=O) groups excluding carboxylic acids is 1. The Hall–Kier alpha value is -0.620. The minimum absolute atomic E-state index is 0.242. The molecular weight excluding hydrogens is 230 g/mol. The molecule has 1 N–H and O–H groups in total. The lowest BCUT2D eigenvalue weighted by molar-refractivity contribution is -0.144. The molecule has 0 spiro atoms. The van der Waals surface area contributed by atoms with Gasteiger partial charge in [-0.1, -0.05) is 6.92 Å². The molecule has 1 saturated heterocycles. The number of esters is 1. The zero-order valence-corrected chi connectivity index (χ0v) is 10.5. The van der Waals surface area contributed by atoms with Crippen LogP contribution in [0.2, 0.25) is 0 Å². The van der Waals surface area contributed by atoms with Gasteiger partial charge in [0.05, 0.1) is 24.0 Å². The first-order valence-corrected chi connectivity index (χ1v) is 7.19. The van der Waals surface area contributed by atoms with Gasteiger partial charge in [-0.25, -0.2) is 8.42 Å². The molecule has 0 saturated carbocycles. The summed E-state index contributed by atoms with van der Waals surface area (Å²) < 4.78 is 27.6. The first-order valence-electron chi connectivity index (χ1n) is 5.47. The van der Waals surface area contributed by atoms with Gasteiger partial charge in [-0.3, -0.25) is 4.79 Å². The molecule has 0 aliphatic carbocycles. The Bertz CT molecular complexity index is 339. The van der Waals surface area contributed by atoms with E-state index in [0.29, 0.717) is 18.8 Å². The molecule has 0 amide bonds. The summed E-state index contributed by atoms with van der Waals surface area (Å²) in [5, 5.41) is 2.74. The normalized spacial score (nSPS) is 25.2. The van der Waals surface area contributed by atoms with Crippen LogP contribution in [0.4, 0.5) is 0 Å². The summed E-state index contributed by atoms with van der Waals surface area (Å²) in [6.45, 7) is 2.64. The lowest BCUT2D eigenvalue weighted by Gasteiger charge is -2.13. The van der Waals surface area contributed by atoms with Gasteiger partial charge in [0.2, 0.25) is 0 Å². The average Bonchev–Trinajstić information content (AvgIpc) is 2.57. The van der Waals surface area contributed by atoms with Crippen LogP contribution < -0.4 is 5.32 Å². The lowest BCUT2D eigenvalue weighted by atomic mass is 10.2. The highest BCUT2D eigenvalue weighted by Gasteiger charge is 2.30. The fourth-order valence-corrected chi connectivity index (χ4v) is 3.63. The molecule has 0 aromatic carbocycles. The highest BCUT2D eigenvalue weighted by atomic mass is 32.2. The molecule has 6 heteroatoms. The molecule has 1 aliphatic heterocycles. The molecule has 0 aromatic rings. The SMILES string of the molecule is COC(=O)C(C)CNCC1CCCS1(=O)=O. The smallest absolute Gasteiger partial charge is 0.309 e. The first kappa shape index (κ1) is 13.4. The minimum Gasteiger partial charge on any atom is -0.469 e. The van der Waals surface area contributed by atoms with Crippen LogP contribution in [-0.2, 0) is 19.4 Å². The summed E-state index contributed by atoms with van der Waals surface area (Å²) in [6, 6.07) is 0. The van der Waals surface area contributed by atoms with Crippen molar-refractivity contribution in [3.8, 4) is 0 Å². The van der Waals surface area contributed by atoms with Crippen LogP contribution in [0.15, 0.2) is 0 Å². The number of rotatable bonds is 5. The van der Waals surface area contributed by atoms with Gasteiger partial charge in [0.1, 0.15) is 0 Å². The minimum atomic E-state index is -2.89. The third-order valence-corrected chi connectivity index (χ3v) is 5.16. The molecule has 0 radical (unpaired) electrons. The van der Waals surface area contributed by atoms with E-state index in [2.05, 4.69) is 10.1 Å². The Morgan fingerprint density at radius 3 is 2.75 bits per heavy atom. The van der Waals surface area contributed by atoms with Gasteiger partial charge in [0.25, 0.3) is 0 Å². The molecule has 0 aromatic heterocycles. The van der Waals surface area contributed by atoms with Gasteiger partial charge in [-0.15, -0.1) is 0 Å². The second kappa shape index (κ2) is 5.63. The maximum Gasteiger partial charge on any atom is 0.309 e. The number of methoxy groups -OCH3 is 1. The molecule has 1 rings (SSSR count). The molecule has 1 heterocycles. The van der Waals surface area contributed by atoms with Crippen molar-refractivity contribution < 1.29 is 17.9 Å². The van der Waals surface area contributed by atoms with Gasteiger partial charge in [0, 0.05) is 13.1 Å². The Morgan fingerprint density at radius 1 is 1.56 bits per heavy atom. The zero-order valence-electron chi connectivity index (χ0n) is 9.73. The van der Waals surface area contributed by atoms with Crippen LogP contribution in [0.3, 0.4) is 0 Å². The van der Waals surface area contributed by atoms with Crippen LogP contribution in [0, 0.1) is 5.92 Å². The van der Waals surface area contributed by atoms with Crippen LogP contribution in [-0.4, -0.2) is 45.6 Å². The largest absolute Gasteiger partial charge is 0.469 e. The number of sulfone groups is 1. The van der Waals surface area contributed by atoms with Crippen molar-refractivity contribution in [2.24, 2.45) is 5.92 Å². The number of ether oxygens (including phenoxy) is 1. The molecule has 94 valence electrons. The van der Waals surface area contributed by atoms with Crippen molar-refractivity contribution in [3.05, 3.63) is 0 Å². The molecule has 1 aliphatic rings. The van der Waals surface area contributed by atoms with Crippen LogP contribution in [0.5, 0.6) is 0 Å². The maximum absolute atomic E-state index is 11.5. The fraction of sp³-hybridized carbons (Fsp3) is 0.900. The second-order valence-electron chi connectivity index (χ2n) is 4.21. The predicted molar refractivity (Wildman–Crippen MR) is 60.9 cm³/mol. The third-order valence-electron chi connectivity index (χ3n) is 2.89. The van der Waals surface area contributed by atoms with Crippen molar-refractivity contribution in [2.45, 2.75) is 25.0 Å². The molecule has 1 fully saturated rings. The predicted octanol–water partition coefficient (Wildman–Crippen LogP) is -0.0377. The van der Waals surface area contributed by atoms with Crippen molar-refractivity contribution in [1.82, 2.24) is 5.32 Å². The van der Waals surface area contributed by atoms with Crippen LogP contribution in [0.1, 0.15) is 19.8 Å². The number of hydrogen-bond acceptors (Lipinski definition) is 5. The molecule has 2 unspecified atom stereocenters. The topological polar surface area (TPSA) is 72.5 Å². The maximum atomic E-state index is 11.5. The summed E-state index contributed by atoms with van der Waals surface area (Å²) >= 11 is 0. The van der Waals surface area contributed by atoms with Crippen molar-refractivity contribution in [3.63, 3.8) is 0 Å². The van der Waals surface area contributed by atoms with E-state index in [1.54, 1.807) is 6.92 Å². The molecule has 16 heavy (non-hydrogen) atoms. The Labute approximate surface area is 96.5 Å². The van der Waals surface area contributed by atoms with Gasteiger partial charge in [-0.05, 0) is 12.8 Å². The lowest BCUT2D eigenvalue weighted by Crippen LogP contribution is -2.35. The van der Waals surface area contributed by atoms with Crippen LogP contribution >= 0.6 is 0 Å². The number of hydrogen-bond donors (Lipinski definition) is 1. The molecule has 5 nitrogen and oxygen atoms in total. The second-order valence-corrected chi connectivity index (χ2v) is 6.61. The van der Waals surface area contributed by atoms with E-state index in [9.17, 15) is 13.2 Å². The van der Waals surface area contributed by atoms with Crippen molar-refractivity contribution >= 4 is 15.8 Å². The Balaban J connectivity index is 2.28. The monoisotopic (exact) mass is 249 g/mol. The van der Waals surface area contributed by atoms with E-state index in [-0.39, 0.29) is 17.1 Å². The highest BCUT2D eigenvalue weighted by molar-refractivity contribution is 7.92. The first-order chi connectivity index (χ1) is 7.47. The highest BCUT2D eigenvalue weighted by Crippen LogP contribution is 2.18. The number of nitrogens with one attached hydrogen (secondary N) is 1. The number of carbonyl (C=O) groups is 1. The zero-order chi connectivity index (χ0) is 12.2. The average molecular weight is 249 g/mol.